The van der Waals surface area contributed by atoms with Crippen LogP contribution in [0.5, 0.6) is 5.75 Å². The van der Waals surface area contributed by atoms with E-state index in [1.54, 1.807) is 13.8 Å². The van der Waals surface area contributed by atoms with Gasteiger partial charge in [-0.25, -0.2) is 13.2 Å². The number of ether oxygens (including phenoxy) is 1. The molecule has 0 fully saturated rings. The molecule has 134 valence electrons. The molecule has 2 aromatic rings. The van der Waals surface area contributed by atoms with Gasteiger partial charge in [-0.15, -0.1) is 0 Å². The van der Waals surface area contributed by atoms with Crippen molar-refractivity contribution < 1.29 is 17.9 Å². The van der Waals surface area contributed by atoms with Gasteiger partial charge in [-0.05, 0) is 36.4 Å². The number of nitrogens with zero attached hydrogens (tertiary/aromatic N) is 1. The predicted octanol–water partition coefficient (Wildman–Crippen LogP) is 4.24. The molecule has 0 N–H and O–H groups in total. The van der Waals surface area contributed by atoms with E-state index in [0.717, 1.165) is 0 Å². The van der Waals surface area contributed by atoms with Crippen LogP contribution in [0.3, 0.4) is 0 Å². The normalized spacial score (nSPS) is 11.6. The number of hydrogen-bond donors (Lipinski definition) is 0. The number of esters is 1. The fraction of sp³-hybridized carbons (Fsp3) is 0.235. The highest BCUT2D eigenvalue weighted by Gasteiger charge is 2.22. The minimum absolute atomic E-state index is 0.127. The second kappa shape index (κ2) is 8.19. The molecule has 0 aliphatic rings. The maximum atomic E-state index is 12.4. The monoisotopic (exact) mass is 401 g/mol. The van der Waals surface area contributed by atoms with E-state index >= 15 is 0 Å². The fourth-order valence-corrected chi connectivity index (χ4v) is 3.93. The molecular weight excluding hydrogens is 385 g/mol. The van der Waals surface area contributed by atoms with Gasteiger partial charge in [0.2, 0.25) is 10.0 Å². The van der Waals surface area contributed by atoms with Crippen LogP contribution >= 0.6 is 23.2 Å². The van der Waals surface area contributed by atoms with Gasteiger partial charge < -0.3 is 4.74 Å². The minimum atomic E-state index is -3.56. The van der Waals surface area contributed by atoms with Crippen LogP contribution in [-0.4, -0.2) is 31.8 Å². The number of sulfonamides is 1. The summed E-state index contributed by atoms with van der Waals surface area (Å²) in [7, 11) is -3.56. The molecule has 2 rings (SSSR count). The average Bonchev–Trinajstić information content (AvgIpc) is 2.59. The Morgan fingerprint density at radius 2 is 1.60 bits per heavy atom. The summed E-state index contributed by atoms with van der Waals surface area (Å²) in [5.74, 6) is -0.371. The second-order valence-corrected chi connectivity index (χ2v) is 7.83. The molecule has 0 aliphatic carbocycles. The molecule has 0 saturated heterocycles. The second-order valence-electron chi connectivity index (χ2n) is 5.08. The smallest absolute Gasteiger partial charge is 0.343 e. The Balaban J connectivity index is 2.19. The van der Waals surface area contributed by atoms with Gasteiger partial charge in [-0.2, -0.15) is 4.31 Å². The molecule has 0 saturated carbocycles. The zero-order chi connectivity index (χ0) is 18.6. The number of rotatable bonds is 6. The molecule has 0 radical (unpaired) electrons. The van der Waals surface area contributed by atoms with Crippen molar-refractivity contribution in [2.24, 2.45) is 0 Å². The van der Waals surface area contributed by atoms with E-state index < -0.39 is 16.0 Å². The maximum Gasteiger partial charge on any atom is 0.343 e. The average molecular weight is 402 g/mol. The number of hydrogen-bond acceptors (Lipinski definition) is 4. The van der Waals surface area contributed by atoms with Crippen LogP contribution in [0.15, 0.2) is 47.4 Å². The van der Waals surface area contributed by atoms with Crippen LogP contribution < -0.4 is 4.74 Å². The summed E-state index contributed by atoms with van der Waals surface area (Å²) in [5, 5.41) is 0.625. The van der Waals surface area contributed by atoms with Gasteiger partial charge in [0.15, 0.2) is 0 Å². The molecule has 0 aliphatic heterocycles. The van der Waals surface area contributed by atoms with Crippen LogP contribution in [0.4, 0.5) is 0 Å². The Hall–Kier alpha value is -1.60. The molecule has 5 nitrogen and oxygen atoms in total. The first kappa shape index (κ1) is 19.7. The van der Waals surface area contributed by atoms with E-state index in [-0.39, 0.29) is 21.2 Å². The lowest BCUT2D eigenvalue weighted by Crippen LogP contribution is -2.30. The molecular formula is C17H17Cl2NO4S. The molecule has 0 aromatic heterocycles. The van der Waals surface area contributed by atoms with Crippen LogP contribution in [-0.2, 0) is 10.0 Å². The Bertz CT molecular complexity index is 863. The number of carbonyl (C=O) groups is 1. The van der Waals surface area contributed by atoms with E-state index in [0.29, 0.717) is 18.1 Å². The molecule has 0 heterocycles. The van der Waals surface area contributed by atoms with Gasteiger partial charge in [0.25, 0.3) is 0 Å². The van der Waals surface area contributed by atoms with Gasteiger partial charge >= 0.3 is 5.97 Å². The zero-order valence-corrected chi connectivity index (χ0v) is 16.0. The van der Waals surface area contributed by atoms with Gasteiger partial charge in [0.05, 0.1) is 20.5 Å². The van der Waals surface area contributed by atoms with Gasteiger partial charge in [0.1, 0.15) is 5.75 Å². The van der Waals surface area contributed by atoms with E-state index in [1.165, 1.54) is 46.8 Å². The third-order valence-corrected chi connectivity index (χ3v) is 6.34. The lowest BCUT2D eigenvalue weighted by atomic mass is 10.2. The number of halogens is 2. The summed E-state index contributed by atoms with van der Waals surface area (Å²) < 4.78 is 31.4. The van der Waals surface area contributed by atoms with Crippen LogP contribution in [0, 0.1) is 0 Å². The van der Waals surface area contributed by atoms with Gasteiger partial charge in [0, 0.05) is 19.2 Å². The lowest BCUT2D eigenvalue weighted by Gasteiger charge is -2.18. The molecule has 0 spiro atoms. The molecule has 0 unspecified atom stereocenters. The van der Waals surface area contributed by atoms with E-state index in [1.807, 2.05) is 0 Å². The molecule has 0 amide bonds. The van der Waals surface area contributed by atoms with Gasteiger partial charge in [-0.3, -0.25) is 0 Å². The molecule has 0 bridgehead atoms. The van der Waals surface area contributed by atoms with Crippen molar-refractivity contribution in [3.8, 4) is 5.75 Å². The molecule has 0 atom stereocenters. The van der Waals surface area contributed by atoms with Crippen molar-refractivity contribution in [3.63, 3.8) is 0 Å². The van der Waals surface area contributed by atoms with Crippen LogP contribution in [0.2, 0.25) is 10.0 Å². The summed E-state index contributed by atoms with van der Waals surface area (Å²) in [6.07, 6.45) is 0. The lowest BCUT2D eigenvalue weighted by molar-refractivity contribution is 0.0734. The fourth-order valence-electron chi connectivity index (χ4n) is 2.18. The highest BCUT2D eigenvalue weighted by Crippen LogP contribution is 2.27. The Morgan fingerprint density at radius 3 is 2.12 bits per heavy atom. The SMILES string of the molecule is CCN(CC)S(=O)(=O)c1ccc(C(=O)Oc2ccc(Cl)c(Cl)c2)cc1. The van der Waals surface area contributed by atoms with Crippen molar-refractivity contribution in [1.82, 2.24) is 4.31 Å². The largest absolute Gasteiger partial charge is 0.423 e. The molecule has 25 heavy (non-hydrogen) atoms. The Labute approximate surface area is 157 Å². The minimum Gasteiger partial charge on any atom is -0.423 e. The summed E-state index contributed by atoms with van der Waals surface area (Å²) in [5.41, 5.74) is 0.226. The van der Waals surface area contributed by atoms with Crippen molar-refractivity contribution >= 4 is 39.2 Å². The number of carbonyl (C=O) groups excluding carboxylic acids is 1. The molecule has 2 aromatic carbocycles. The molecule has 8 heteroatoms. The highest BCUT2D eigenvalue weighted by atomic mass is 35.5. The first-order valence-corrected chi connectivity index (χ1v) is 9.76. The van der Waals surface area contributed by atoms with Crippen molar-refractivity contribution in [2.75, 3.05) is 13.1 Å². The Morgan fingerprint density at radius 1 is 1.00 bits per heavy atom. The summed E-state index contributed by atoms with van der Waals surface area (Å²) in [4.78, 5) is 12.3. The third-order valence-electron chi connectivity index (χ3n) is 3.53. The first-order chi connectivity index (χ1) is 11.8. The standard InChI is InChI=1S/C17H17Cl2NO4S/c1-3-20(4-2)25(22,23)14-8-5-12(6-9-14)17(21)24-13-7-10-15(18)16(19)11-13/h5-11H,3-4H2,1-2H3. The summed E-state index contributed by atoms with van der Waals surface area (Å²) >= 11 is 11.7. The van der Waals surface area contributed by atoms with Crippen LogP contribution in [0.1, 0.15) is 24.2 Å². The zero-order valence-electron chi connectivity index (χ0n) is 13.7. The van der Waals surface area contributed by atoms with Crippen molar-refractivity contribution in [1.29, 1.82) is 0 Å². The summed E-state index contributed by atoms with van der Waals surface area (Å²) in [6.45, 7) is 4.29. The summed E-state index contributed by atoms with van der Waals surface area (Å²) in [6, 6.07) is 10.1. The van der Waals surface area contributed by atoms with Crippen molar-refractivity contribution in [2.45, 2.75) is 18.7 Å². The first-order valence-electron chi connectivity index (χ1n) is 7.57. The predicted molar refractivity (Wildman–Crippen MR) is 98.0 cm³/mol. The maximum absolute atomic E-state index is 12.4. The van der Waals surface area contributed by atoms with E-state index in [2.05, 4.69) is 0 Å². The Kier molecular flexibility index (Phi) is 6.46. The van der Waals surface area contributed by atoms with E-state index in [9.17, 15) is 13.2 Å². The third kappa shape index (κ3) is 4.52. The van der Waals surface area contributed by atoms with Crippen LogP contribution in [0.25, 0.3) is 0 Å². The topological polar surface area (TPSA) is 63.7 Å². The van der Waals surface area contributed by atoms with E-state index in [4.69, 9.17) is 27.9 Å². The quantitative estimate of drug-likeness (QED) is 0.536. The number of benzene rings is 2. The van der Waals surface area contributed by atoms with Gasteiger partial charge in [-0.1, -0.05) is 37.0 Å². The highest BCUT2D eigenvalue weighted by molar-refractivity contribution is 7.89. The van der Waals surface area contributed by atoms with Crippen molar-refractivity contribution in [3.05, 3.63) is 58.1 Å².